The zero-order valence-electron chi connectivity index (χ0n) is 13.1. The fourth-order valence-electron chi connectivity index (χ4n) is 1.69. The highest BCUT2D eigenvalue weighted by Crippen LogP contribution is 2.09. The molecule has 1 unspecified atom stereocenters. The fourth-order valence-corrected chi connectivity index (χ4v) is 1.69. The third-order valence-electron chi connectivity index (χ3n) is 2.82. The monoisotopic (exact) mass is 295 g/mol. The Labute approximate surface area is 126 Å². The van der Waals surface area contributed by atoms with Gasteiger partial charge in [0.1, 0.15) is 5.60 Å². The Hall–Kier alpha value is -1.59. The Morgan fingerprint density at radius 2 is 1.90 bits per heavy atom. The van der Waals surface area contributed by atoms with E-state index in [9.17, 15) is 9.90 Å². The highest BCUT2D eigenvalue weighted by Gasteiger charge is 2.23. The van der Waals surface area contributed by atoms with E-state index in [-0.39, 0.29) is 12.7 Å². The van der Waals surface area contributed by atoms with Gasteiger partial charge in [-0.15, -0.1) is 0 Å². The lowest BCUT2D eigenvalue weighted by Crippen LogP contribution is -2.47. The van der Waals surface area contributed by atoms with Gasteiger partial charge in [0, 0.05) is 0 Å². The van der Waals surface area contributed by atoms with Crippen LogP contribution in [-0.2, 0) is 16.1 Å². The lowest BCUT2D eigenvalue weighted by molar-refractivity contribution is 0.00227. The number of amides is 1. The number of nitrogens with one attached hydrogen (secondary N) is 1. The predicted octanol–water partition coefficient (Wildman–Crippen LogP) is 2.48. The van der Waals surface area contributed by atoms with E-state index in [0.29, 0.717) is 6.61 Å². The molecule has 1 amide bonds. The molecule has 118 valence electrons. The molecule has 0 saturated carbocycles. The van der Waals surface area contributed by atoms with Crippen LogP contribution in [0.2, 0.25) is 0 Å². The Kier molecular flexibility index (Phi) is 6.65. The second-order valence-corrected chi connectivity index (χ2v) is 5.94. The molecule has 1 rings (SSSR count). The Bertz CT molecular complexity index is 428. The van der Waals surface area contributed by atoms with Gasteiger partial charge in [0.15, 0.2) is 0 Å². The quantitative estimate of drug-likeness (QED) is 0.846. The summed E-state index contributed by atoms with van der Waals surface area (Å²) in [6, 6.07) is 9.22. The van der Waals surface area contributed by atoms with Gasteiger partial charge in [0.25, 0.3) is 0 Å². The van der Waals surface area contributed by atoms with Crippen LogP contribution >= 0.6 is 0 Å². The molecule has 5 nitrogen and oxygen atoms in total. The Morgan fingerprint density at radius 1 is 1.29 bits per heavy atom. The molecule has 0 radical (unpaired) electrons. The first-order valence-corrected chi connectivity index (χ1v) is 7.07. The zero-order valence-corrected chi connectivity index (χ0v) is 13.1. The molecule has 5 heteroatoms. The summed E-state index contributed by atoms with van der Waals surface area (Å²) in [5.41, 5.74) is 0.469. The maximum absolute atomic E-state index is 11.7. The van der Waals surface area contributed by atoms with Crippen molar-refractivity contribution in [3.8, 4) is 0 Å². The normalized spacial score (nSPS) is 14.3. The molecular weight excluding hydrogens is 270 g/mol. The Balaban J connectivity index is 2.45. The van der Waals surface area contributed by atoms with Gasteiger partial charge in [-0.25, -0.2) is 4.79 Å². The van der Waals surface area contributed by atoms with E-state index in [4.69, 9.17) is 9.47 Å². The summed E-state index contributed by atoms with van der Waals surface area (Å²) >= 11 is 0. The molecule has 0 aliphatic carbocycles. The summed E-state index contributed by atoms with van der Waals surface area (Å²) in [6.45, 7) is 7.38. The highest BCUT2D eigenvalue weighted by atomic mass is 16.6. The molecule has 0 fully saturated rings. The molecule has 1 aromatic carbocycles. The van der Waals surface area contributed by atoms with Crippen molar-refractivity contribution in [2.24, 2.45) is 0 Å². The van der Waals surface area contributed by atoms with Crippen LogP contribution in [0.3, 0.4) is 0 Å². The molecule has 0 heterocycles. The van der Waals surface area contributed by atoms with E-state index in [1.807, 2.05) is 30.3 Å². The maximum atomic E-state index is 11.7. The molecule has 0 saturated heterocycles. The summed E-state index contributed by atoms with van der Waals surface area (Å²) in [4.78, 5) is 11.7. The summed E-state index contributed by atoms with van der Waals surface area (Å²) in [5.74, 6) is 0. The third-order valence-corrected chi connectivity index (χ3v) is 2.82. The van der Waals surface area contributed by atoms with Crippen molar-refractivity contribution in [1.29, 1.82) is 0 Å². The number of hydrogen-bond donors (Lipinski definition) is 2. The fraction of sp³-hybridized carbons (Fsp3) is 0.562. The van der Waals surface area contributed by atoms with E-state index in [1.165, 1.54) is 0 Å². The van der Waals surface area contributed by atoms with Crippen molar-refractivity contribution in [1.82, 2.24) is 5.32 Å². The smallest absolute Gasteiger partial charge is 0.408 e. The van der Waals surface area contributed by atoms with Crippen LogP contribution in [0.15, 0.2) is 30.3 Å². The minimum absolute atomic E-state index is 0.213. The average Bonchev–Trinajstić information content (AvgIpc) is 2.41. The van der Waals surface area contributed by atoms with Crippen LogP contribution in [0, 0.1) is 0 Å². The summed E-state index contributed by atoms with van der Waals surface area (Å²) < 4.78 is 10.8. The minimum Gasteiger partial charge on any atom is -0.444 e. The van der Waals surface area contributed by atoms with E-state index >= 15 is 0 Å². The second-order valence-electron chi connectivity index (χ2n) is 5.94. The number of carbonyl (C=O) groups excluding carboxylic acids is 1. The first-order valence-electron chi connectivity index (χ1n) is 7.07. The van der Waals surface area contributed by atoms with Crippen LogP contribution < -0.4 is 5.32 Å². The van der Waals surface area contributed by atoms with Gasteiger partial charge >= 0.3 is 6.09 Å². The van der Waals surface area contributed by atoms with Gasteiger partial charge < -0.3 is 19.9 Å². The number of hydrogen-bond acceptors (Lipinski definition) is 4. The topological polar surface area (TPSA) is 67.8 Å². The van der Waals surface area contributed by atoms with Gasteiger partial charge in [-0.2, -0.15) is 0 Å². The van der Waals surface area contributed by atoms with Crippen LogP contribution in [0.4, 0.5) is 4.79 Å². The van der Waals surface area contributed by atoms with Crippen LogP contribution in [0.25, 0.3) is 0 Å². The number of rotatable bonds is 6. The van der Waals surface area contributed by atoms with Gasteiger partial charge in [-0.05, 0) is 33.3 Å². The molecule has 0 spiro atoms. The van der Waals surface area contributed by atoms with Crippen molar-refractivity contribution in [3.05, 3.63) is 35.9 Å². The number of ether oxygens (including phenoxy) is 2. The number of carbonyl (C=O) groups is 1. The molecule has 21 heavy (non-hydrogen) atoms. The van der Waals surface area contributed by atoms with E-state index in [1.54, 1.807) is 27.7 Å². The molecule has 2 atom stereocenters. The van der Waals surface area contributed by atoms with Gasteiger partial charge in [0.2, 0.25) is 0 Å². The molecule has 2 N–H and O–H groups in total. The SMILES string of the molecule is CC(OCc1ccccc1)[C@@H](CO)NC(=O)OC(C)(C)C. The van der Waals surface area contributed by atoms with Crippen molar-refractivity contribution >= 4 is 6.09 Å². The molecule has 1 aromatic rings. The number of aliphatic hydroxyl groups excluding tert-OH is 1. The van der Waals surface area contributed by atoms with E-state index < -0.39 is 17.7 Å². The van der Waals surface area contributed by atoms with Crippen LogP contribution in [0.5, 0.6) is 0 Å². The largest absolute Gasteiger partial charge is 0.444 e. The average molecular weight is 295 g/mol. The molecule has 0 aliphatic rings. The molecule has 0 bridgehead atoms. The van der Waals surface area contributed by atoms with Crippen molar-refractivity contribution < 1.29 is 19.4 Å². The minimum atomic E-state index is -0.571. The molecule has 0 aliphatic heterocycles. The van der Waals surface area contributed by atoms with Crippen molar-refractivity contribution in [3.63, 3.8) is 0 Å². The number of aliphatic hydroxyl groups is 1. The summed E-state index contributed by atoms with van der Waals surface area (Å²) in [5, 5.41) is 12.0. The van der Waals surface area contributed by atoms with Gasteiger partial charge in [-0.1, -0.05) is 30.3 Å². The molecule has 0 aromatic heterocycles. The zero-order chi connectivity index (χ0) is 15.9. The number of alkyl carbamates (subject to hydrolysis) is 1. The van der Waals surface area contributed by atoms with Gasteiger partial charge in [0.05, 0.1) is 25.4 Å². The third kappa shape index (κ3) is 7.11. The number of benzene rings is 1. The first-order chi connectivity index (χ1) is 9.81. The van der Waals surface area contributed by atoms with Crippen LogP contribution in [-0.4, -0.2) is 35.6 Å². The molecular formula is C16H25NO4. The van der Waals surface area contributed by atoms with Crippen molar-refractivity contribution in [2.75, 3.05) is 6.61 Å². The first kappa shape index (κ1) is 17.5. The summed E-state index contributed by atoms with van der Waals surface area (Å²) in [6.07, 6.45) is -0.889. The summed E-state index contributed by atoms with van der Waals surface area (Å²) in [7, 11) is 0. The highest BCUT2D eigenvalue weighted by molar-refractivity contribution is 5.68. The second kappa shape index (κ2) is 8.00. The van der Waals surface area contributed by atoms with Crippen molar-refractivity contribution in [2.45, 2.75) is 52.0 Å². The Morgan fingerprint density at radius 3 is 2.43 bits per heavy atom. The van der Waals surface area contributed by atoms with Crippen LogP contribution in [0.1, 0.15) is 33.3 Å². The van der Waals surface area contributed by atoms with E-state index in [2.05, 4.69) is 5.32 Å². The predicted molar refractivity (Wildman–Crippen MR) is 80.9 cm³/mol. The van der Waals surface area contributed by atoms with E-state index in [0.717, 1.165) is 5.56 Å². The van der Waals surface area contributed by atoms with Gasteiger partial charge in [-0.3, -0.25) is 0 Å². The standard InChI is InChI=1S/C16H25NO4/c1-12(20-11-13-8-6-5-7-9-13)14(10-18)17-15(19)21-16(2,3)4/h5-9,12,14,18H,10-11H2,1-4H3,(H,17,19)/t12?,14-/m1/s1. The lowest BCUT2D eigenvalue weighted by atomic mass is 10.2. The maximum Gasteiger partial charge on any atom is 0.408 e. The lowest BCUT2D eigenvalue weighted by Gasteiger charge is -2.26.